The Balaban J connectivity index is 1.88. The summed E-state index contributed by atoms with van der Waals surface area (Å²) in [4.78, 5) is 23.2. The van der Waals surface area contributed by atoms with Crippen molar-refractivity contribution < 1.29 is 19.4 Å². The van der Waals surface area contributed by atoms with Gasteiger partial charge in [-0.3, -0.25) is 9.69 Å². The van der Waals surface area contributed by atoms with Crippen LogP contribution in [0.4, 0.5) is 4.79 Å². The Morgan fingerprint density at radius 2 is 2.12 bits per heavy atom. The molecule has 5 heteroatoms. The number of likely N-dealkylation sites (tertiary alicyclic amines) is 1. The van der Waals surface area contributed by atoms with Gasteiger partial charge in [-0.1, -0.05) is 30.3 Å². The molecule has 0 saturated carbocycles. The topological polar surface area (TPSA) is 66.8 Å². The predicted octanol–water partition coefficient (Wildman–Crippen LogP) is 1.13. The summed E-state index contributed by atoms with van der Waals surface area (Å²) in [6.45, 7) is 0.375. The molecule has 1 saturated heterocycles. The number of rotatable bonds is 3. The van der Waals surface area contributed by atoms with Crippen molar-refractivity contribution in [2.75, 3.05) is 13.1 Å². The molecule has 2 rings (SSSR count). The van der Waals surface area contributed by atoms with Gasteiger partial charge in [0.15, 0.2) is 5.78 Å². The van der Waals surface area contributed by atoms with Crippen LogP contribution in [0.5, 0.6) is 0 Å². The molecule has 5 nitrogen and oxygen atoms in total. The normalized spacial score (nSPS) is 19.6. The van der Waals surface area contributed by atoms with Gasteiger partial charge in [0.2, 0.25) is 0 Å². The molecular formula is C12H13NO4. The van der Waals surface area contributed by atoms with E-state index in [1.54, 1.807) is 0 Å². The molecule has 1 heterocycles. The molecule has 0 bridgehead atoms. The highest BCUT2D eigenvalue weighted by atomic mass is 16.5. The van der Waals surface area contributed by atoms with E-state index in [-0.39, 0.29) is 18.9 Å². The fraction of sp³-hybridized carbons (Fsp3) is 0.333. The Morgan fingerprint density at radius 3 is 2.71 bits per heavy atom. The van der Waals surface area contributed by atoms with E-state index in [0.29, 0.717) is 6.61 Å². The Hall–Kier alpha value is -1.88. The lowest BCUT2D eigenvalue weighted by Gasteiger charge is -2.11. The summed E-state index contributed by atoms with van der Waals surface area (Å²) in [7, 11) is 0. The first-order valence-corrected chi connectivity index (χ1v) is 5.33. The van der Waals surface area contributed by atoms with E-state index in [9.17, 15) is 9.59 Å². The summed E-state index contributed by atoms with van der Waals surface area (Å²) >= 11 is 0. The quantitative estimate of drug-likeness (QED) is 0.853. The zero-order valence-corrected chi connectivity index (χ0v) is 9.20. The third-order valence-electron chi connectivity index (χ3n) is 2.66. The molecule has 1 amide bonds. The SMILES string of the molecule is O=C1CN(C(=O)O)CC1OCc1ccccc1. The molecule has 1 aromatic rings. The number of carboxylic acid groups (broad SMARTS) is 1. The number of Topliss-reactive ketones (excluding diaryl/α,β-unsaturated/α-hetero) is 1. The zero-order chi connectivity index (χ0) is 12.3. The van der Waals surface area contributed by atoms with Crippen LogP contribution in [0.2, 0.25) is 0 Å². The first kappa shape index (κ1) is 11.6. The number of amides is 1. The fourth-order valence-corrected chi connectivity index (χ4v) is 1.72. The van der Waals surface area contributed by atoms with Gasteiger partial charge in [0.1, 0.15) is 6.10 Å². The Kier molecular flexibility index (Phi) is 3.39. The van der Waals surface area contributed by atoms with Gasteiger partial charge in [-0.2, -0.15) is 0 Å². The molecule has 1 aliphatic rings. The number of benzene rings is 1. The summed E-state index contributed by atoms with van der Waals surface area (Å²) in [5.74, 6) is -0.177. The van der Waals surface area contributed by atoms with Gasteiger partial charge < -0.3 is 9.84 Å². The molecule has 0 aliphatic carbocycles. The molecule has 0 aromatic heterocycles. The lowest BCUT2D eigenvalue weighted by molar-refractivity contribution is -0.126. The number of ether oxygens (including phenoxy) is 1. The molecule has 1 atom stereocenters. The summed E-state index contributed by atoms with van der Waals surface area (Å²) in [5.41, 5.74) is 0.967. The van der Waals surface area contributed by atoms with Gasteiger partial charge >= 0.3 is 6.09 Å². The fourth-order valence-electron chi connectivity index (χ4n) is 1.72. The number of hydrogen-bond donors (Lipinski definition) is 1. The molecule has 17 heavy (non-hydrogen) atoms. The van der Waals surface area contributed by atoms with Gasteiger partial charge in [0.05, 0.1) is 19.7 Å². The van der Waals surface area contributed by atoms with E-state index in [4.69, 9.17) is 9.84 Å². The molecule has 1 unspecified atom stereocenters. The second kappa shape index (κ2) is 4.97. The van der Waals surface area contributed by atoms with Crippen LogP contribution in [0.3, 0.4) is 0 Å². The standard InChI is InChI=1S/C12H13NO4/c14-10-6-13(12(15)16)7-11(10)17-8-9-4-2-1-3-5-9/h1-5,11H,6-8H2,(H,15,16). The van der Waals surface area contributed by atoms with Crippen LogP contribution < -0.4 is 0 Å². The minimum absolute atomic E-state index is 0.0746. The third-order valence-corrected chi connectivity index (χ3v) is 2.66. The van der Waals surface area contributed by atoms with Gasteiger partial charge in [-0.15, -0.1) is 0 Å². The number of nitrogens with zero attached hydrogens (tertiary/aromatic N) is 1. The smallest absolute Gasteiger partial charge is 0.407 e. The van der Waals surface area contributed by atoms with E-state index in [2.05, 4.69) is 0 Å². The van der Waals surface area contributed by atoms with Crippen molar-refractivity contribution in [1.82, 2.24) is 4.90 Å². The minimum Gasteiger partial charge on any atom is -0.465 e. The molecule has 0 radical (unpaired) electrons. The van der Waals surface area contributed by atoms with E-state index in [1.165, 1.54) is 0 Å². The van der Waals surface area contributed by atoms with Crippen LogP contribution in [-0.4, -0.2) is 41.1 Å². The summed E-state index contributed by atoms with van der Waals surface area (Å²) in [5, 5.41) is 8.75. The van der Waals surface area contributed by atoms with E-state index >= 15 is 0 Å². The van der Waals surface area contributed by atoms with E-state index < -0.39 is 12.2 Å². The van der Waals surface area contributed by atoms with Crippen LogP contribution in [0.15, 0.2) is 30.3 Å². The van der Waals surface area contributed by atoms with Crippen molar-refractivity contribution in [1.29, 1.82) is 0 Å². The highest BCUT2D eigenvalue weighted by molar-refractivity contribution is 5.90. The monoisotopic (exact) mass is 235 g/mol. The second-order valence-electron chi connectivity index (χ2n) is 3.91. The number of hydrogen-bond acceptors (Lipinski definition) is 3. The maximum absolute atomic E-state index is 11.5. The maximum Gasteiger partial charge on any atom is 0.407 e. The average molecular weight is 235 g/mol. The highest BCUT2D eigenvalue weighted by Gasteiger charge is 2.34. The van der Waals surface area contributed by atoms with Crippen LogP contribution in [0, 0.1) is 0 Å². The van der Waals surface area contributed by atoms with Gasteiger partial charge in [0.25, 0.3) is 0 Å². The van der Waals surface area contributed by atoms with Crippen molar-refractivity contribution in [3.05, 3.63) is 35.9 Å². The summed E-state index contributed by atoms with van der Waals surface area (Å²) in [6.07, 6.45) is -1.71. The average Bonchev–Trinajstić information content (AvgIpc) is 2.70. The zero-order valence-electron chi connectivity index (χ0n) is 9.20. The maximum atomic E-state index is 11.5. The molecule has 1 N–H and O–H groups in total. The third kappa shape index (κ3) is 2.82. The Bertz CT molecular complexity index is 418. The van der Waals surface area contributed by atoms with Crippen molar-refractivity contribution in [2.45, 2.75) is 12.7 Å². The molecule has 90 valence electrons. The number of carbonyl (C=O) groups excluding carboxylic acids is 1. The Morgan fingerprint density at radius 1 is 1.41 bits per heavy atom. The molecule has 1 fully saturated rings. The van der Waals surface area contributed by atoms with E-state index in [1.807, 2.05) is 30.3 Å². The lowest BCUT2D eigenvalue weighted by atomic mass is 10.2. The largest absolute Gasteiger partial charge is 0.465 e. The van der Waals surface area contributed by atoms with Crippen LogP contribution in [-0.2, 0) is 16.1 Å². The first-order chi connectivity index (χ1) is 8.16. The summed E-state index contributed by atoms with van der Waals surface area (Å²) < 4.78 is 5.43. The molecule has 1 aromatic carbocycles. The van der Waals surface area contributed by atoms with Crippen molar-refractivity contribution in [3.63, 3.8) is 0 Å². The van der Waals surface area contributed by atoms with Crippen LogP contribution in [0.1, 0.15) is 5.56 Å². The van der Waals surface area contributed by atoms with Gasteiger partial charge in [-0.05, 0) is 5.56 Å². The van der Waals surface area contributed by atoms with Crippen LogP contribution >= 0.6 is 0 Å². The molecular weight excluding hydrogens is 222 g/mol. The Labute approximate surface area is 98.6 Å². The van der Waals surface area contributed by atoms with Crippen LogP contribution in [0.25, 0.3) is 0 Å². The number of ketones is 1. The minimum atomic E-state index is -1.08. The van der Waals surface area contributed by atoms with E-state index in [0.717, 1.165) is 10.5 Å². The van der Waals surface area contributed by atoms with Gasteiger partial charge in [-0.25, -0.2) is 4.79 Å². The first-order valence-electron chi connectivity index (χ1n) is 5.33. The lowest BCUT2D eigenvalue weighted by Crippen LogP contribution is -2.28. The van der Waals surface area contributed by atoms with Crippen molar-refractivity contribution in [3.8, 4) is 0 Å². The second-order valence-corrected chi connectivity index (χ2v) is 3.91. The predicted molar refractivity (Wildman–Crippen MR) is 59.6 cm³/mol. The molecule has 0 spiro atoms. The van der Waals surface area contributed by atoms with Crippen molar-refractivity contribution >= 4 is 11.9 Å². The molecule has 1 aliphatic heterocycles. The van der Waals surface area contributed by atoms with Crippen molar-refractivity contribution in [2.24, 2.45) is 0 Å². The van der Waals surface area contributed by atoms with Gasteiger partial charge in [0, 0.05) is 0 Å². The number of carbonyl (C=O) groups is 2. The highest BCUT2D eigenvalue weighted by Crippen LogP contribution is 2.12. The summed E-state index contributed by atoms with van der Waals surface area (Å²) in [6, 6.07) is 9.47.